The number of halogens is 1. The van der Waals surface area contributed by atoms with Crippen LogP contribution in [0.1, 0.15) is 26.3 Å². The van der Waals surface area contributed by atoms with Gasteiger partial charge < -0.3 is 10.2 Å². The highest BCUT2D eigenvalue weighted by molar-refractivity contribution is 6.33. The topological polar surface area (TPSA) is 69.0 Å². The molecule has 2 heterocycles. The van der Waals surface area contributed by atoms with Gasteiger partial charge in [-0.3, -0.25) is 4.79 Å². The number of rotatable bonds is 2. The molecule has 0 atom stereocenters. The molecule has 0 aliphatic carbocycles. The molecule has 1 fully saturated rings. The molecule has 1 amide bonds. The second-order valence-electron chi connectivity index (χ2n) is 5.97. The third kappa shape index (κ3) is 3.02. The largest absolute Gasteiger partial charge is 0.351 e. The molecule has 6 heteroatoms. The predicted molar refractivity (Wildman–Crippen MR) is 77.6 cm³/mol. The van der Waals surface area contributed by atoms with E-state index in [0.29, 0.717) is 29.5 Å². The van der Waals surface area contributed by atoms with Crippen LogP contribution in [0.25, 0.3) is 0 Å². The number of hydrogen-bond donors (Lipinski definition) is 1. The van der Waals surface area contributed by atoms with Crippen LogP contribution in [0.3, 0.4) is 0 Å². The van der Waals surface area contributed by atoms with Crippen LogP contribution in [0.5, 0.6) is 0 Å². The van der Waals surface area contributed by atoms with Gasteiger partial charge in [-0.05, 0) is 6.07 Å². The lowest BCUT2D eigenvalue weighted by molar-refractivity contribution is -0.129. The van der Waals surface area contributed by atoms with E-state index >= 15 is 0 Å². The summed E-state index contributed by atoms with van der Waals surface area (Å²) in [5, 5.41) is 12.2. The van der Waals surface area contributed by atoms with Gasteiger partial charge in [0, 0.05) is 24.7 Å². The molecule has 0 bridgehead atoms. The fourth-order valence-corrected chi connectivity index (χ4v) is 2.16. The fourth-order valence-electron chi connectivity index (χ4n) is 1.87. The molecular formula is C14H17ClN4O. The Bertz CT molecular complexity index is 568. The molecule has 0 saturated carbocycles. The van der Waals surface area contributed by atoms with Gasteiger partial charge in [0.15, 0.2) is 0 Å². The highest BCUT2D eigenvalue weighted by atomic mass is 35.5. The first-order valence-corrected chi connectivity index (χ1v) is 6.80. The predicted octanol–water partition coefficient (Wildman–Crippen LogP) is 1.96. The summed E-state index contributed by atoms with van der Waals surface area (Å²) in [6, 6.07) is 3.72. The molecule has 1 aliphatic rings. The summed E-state index contributed by atoms with van der Waals surface area (Å²) in [4.78, 5) is 18.0. The number of hydrogen-bond acceptors (Lipinski definition) is 4. The molecule has 0 spiro atoms. The Morgan fingerprint density at radius 2 is 2.20 bits per heavy atom. The van der Waals surface area contributed by atoms with Gasteiger partial charge in [0.2, 0.25) is 5.91 Å². The Hall–Kier alpha value is -1.80. The van der Waals surface area contributed by atoms with Crippen molar-refractivity contribution in [1.82, 2.24) is 10.3 Å². The normalized spacial score (nSPS) is 15.4. The van der Waals surface area contributed by atoms with Crippen LogP contribution in [0.15, 0.2) is 12.3 Å². The van der Waals surface area contributed by atoms with Crippen molar-refractivity contribution in [1.29, 1.82) is 5.26 Å². The van der Waals surface area contributed by atoms with Crippen LogP contribution in [-0.2, 0) is 4.79 Å². The van der Waals surface area contributed by atoms with Gasteiger partial charge in [-0.1, -0.05) is 32.4 Å². The van der Waals surface area contributed by atoms with Gasteiger partial charge in [-0.25, -0.2) is 4.98 Å². The van der Waals surface area contributed by atoms with Gasteiger partial charge in [0.1, 0.15) is 11.9 Å². The molecule has 1 saturated heterocycles. The maximum atomic E-state index is 11.9. The molecule has 5 nitrogen and oxygen atoms in total. The molecule has 20 heavy (non-hydrogen) atoms. The zero-order valence-electron chi connectivity index (χ0n) is 11.8. The van der Waals surface area contributed by atoms with Crippen molar-refractivity contribution in [2.24, 2.45) is 5.41 Å². The zero-order chi connectivity index (χ0) is 14.9. The number of carbonyl (C=O) groups is 1. The highest BCUT2D eigenvalue weighted by Crippen LogP contribution is 2.28. The average molecular weight is 293 g/mol. The molecule has 1 aromatic heterocycles. The first-order valence-electron chi connectivity index (χ1n) is 6.43. The van der Waals surface area contributed by atoms with E-state index in [9.17, 15) is 4.79 Å². The van der Waals surface area contributed by atoms with E-state index in [4.69, 9.17) is 16.9 Å². The molecule has 1 aromatic rings. The molecule has 1 aliphatic heterocycles. The Kier molecular flexibility index (Phi) is 3.87. The smallest absolute Gasteiger partial charge is 0.225 e. The molecular weight excluding hydrogens is 276 g/mol. The number of aromatic nitrogens is 1. The van der Waals surface area contributed by atoms with E-state index in [1.54, 1.807) is 6.07 Å². The first-order chi connectivity index (χ1) is 9.31. The number of pyridine rings is 1. The van der Waals surface area contributed by atoms with Crippen molar-refractivity contribution in [3.8, 4) is 6.07 Å². The summed E-state index contributed by atoms with van der Waals surface area (Å²) in [5.41, 5.74) is 0.0574. The molecule has 0 unspecified atom stereocenters. The van der Waals surface area contributed by atoms with Crippen LogP contribution < -0.4 is 10.2 Å². The van der Waals surface area contributed by atoms with Gasteiger partial charge in [-0.2, -0.15) is 5.26 Å². The molecule has 106 valence electrons. The van der Waals surface area contributed by atoms with Crippen LogP contribution in [0, 0.1) is 16.7 Å². The van der Waals surface area contributed by atoms with E-state index in [-0.39, 0.29) is 17.4 Å². The summed E-state index contributed by atoms with van der Waals surface area (Å²) < 4.78 is 0. The van der Waals surface area contributed by atoms with Gasteiger partial charge >= 0.3 is 0 Å². The fraction of sp³-hybridized carbons (Fsp3) is 0.500. The maximum absolute atomic E-state index is 11.9. The number of nitrogens with zero attached hydrogens (tertiary/aromatic N) is 3. The Morgan fingerprint density at radius 1 is 1.55 bits per heavy atom. The minimum atomic E-state index is -0.384. The van der Waals surface area contributed by atoms with Gasteiger partial charge in [0.05, 0.1) is 16.6 Å². The number of nitrogens with one attached hydrogen (secondary N) is 1. The highest BCUT2D eigenvalue weighted by Gasteiger charge is 2.33. The third-order valence-electron chi connectivity index (χ3n) is 3.15. The molecule has 2 rings (SSSR count). The quantitative estimate of drug-likeness (QED) is 0.905. The minimum Gasteiger partial charge on any atom is -0.351 e. The minimum absolute atomic E-state index is 0.0426. The SMILES string of the molecule is CC(C)(C)C(=O)NC1CN(c2ncc(C#N)cc2Cl)C1. The summed E-state index contributed by atoms with van der Waals surface area (Å²) in [5.74, 6) is 0.702. The number of carbonyl (C=O) groups excluding carboxylic acids is 1. The van der Waals surface area contributed by atoms with Gasteiger partial charge in [-0.15, -0.1) is 0 Å². The lowest BCUT2D eigenvalue weighted by Crippen LogP contribution is -2.61. The molecule has 0 radical (unpaired) electrons. The van der Waals surface area contributed by atoms with E-state index in [0.717, 1.165) is 0 Å². The van der Waals surface area contributed by atoms with Crippen molar-refractivity contribution < 1.29 is 4.79 Å². The summed E-state index contributed by atoms with van der Waals surface area (Å²) in [6.07, 6.45) is 1.50. The summed E-state index contributed by atoms with van der Waals surface area (Å²) >= 11 is 6.10. The van der Waals surface area contributed by atoms with Crippen molar-refractivity contribution in [2.45, 2.75) is 26.8 Å². The average Bonchev–Trinajstić information content (AvgIpc) is 2.32. The van der Waals surface area contributed by atoms with Crippen LogP contribution in [0.2, 0.25) is 5.02 Å². The second-order valence-corrected chi connectivity index (χ2v) is 6.37. The standard InChI is InChI=1S/C14H17ClN4O/c1-14(2,3)13(20)18-10-7-19(8-10)12-11(15)4-9(5-16)6-17-12/h4,6,10H,7-8H2,1-3H3,(H,18,20). The van der Waals surface area contributed by atoms with Crippen molar-refractivity contribution in [3.63, 3.8) is 0 Å². The maximum Gasteiger partial charge on any atom is 0.225 e. The lowest BCUT2D eigenvalue weighted by Gasteiger charge is -2.41. The number of nitriles is 1. The van der Waals surface area contributed by atoms with Crippen molar-refractivity contribution in [3.05, 3.63) is 22.8 Å². The van der Waals surface area contributed by atoms with Crippen LogP contribution in [-0.4, -0.2) is 30.0 Å². The lowest BCUT2D eigenvalue weighted by atomic mass is 9.94. The van der Waals surface area contributed by atoms with Crippen molar-refractivity contribution in [2.75, 3.05) is 18.0 Å². The Labute approximate surface area is 123 Å². The third-order valence-corrected chi connectivity index (χ3v) is 3.43. The Balaban J connectivity index is 1.94. The first kappa shape index (κ1) is 14.6. The van der Waals surface area contributed by atoms with Crippen LogP contribution in [0.4, 0.5) is 5.82 Å². The van der Waals surface area contributed by atoms with Gasteiger partial charge in [0.25, 0.3) is 0 Å². The van der Waals surface area contributed by atoms with E-state index in [2.05, 4.69) is 10.3 Å². The van der Waals surface area contributed by atoms with Crippen LogP contribution >= 0.6 is 11.6 Å². The zero-order valence-corrected chi connectivity index (χ0v) is 12.5. The number of anilines is 1. The number of amides is 1. The summed E-state index contributed by atoms with van der Waals surface area (Å²) in [7, 11) is 0. The van der Waals surface area contributed by atoms with E-state index in [1.807, 2.05) is 31.7 Å². The monoisotopic (exact) mass is 292 g/mol. The second kappa shape index (κ2) is 5.29. The molecule has 1 N–H and O–H groups in total. The van der Waals surface area contributed by atoms with E-state index < -0.39 is 0 Å². The summed E-state index contributed by atoms with van der Waals surface area (Å²) in [6.45, 7) is 7.02. The molecule has 0 aromatic carbocycles. The Morgan fingerprint density at radius 3 is 2.70 bits per heavy atom. The van der Waals surface area contributed by atoms with Crippen molar-refractivity contribution >= 4 is 23.3 Å². The van der Waals surface area contributed by atoms with E-state index in [1.165, 1.54) is 6.20 Å².